The second-order valence-corrected chi connectivity index (χ2v) is 9.11. The van der Waals surface area contributed by atoms with E-state index in [1.54, 1.807) is 18.0 Å². The van der Waals surface area contributed by atoms with Crippen LogP contribution in [0.25, 0.3) is 0 Å². The van der Waals surface area contributed by atoms with Gasteiger partial charge in [-0.1, -0.05) is 47.7 Å². The van der Waals surface area contributed by atoms with Crippen LogP contribution >= 0.6 is 0 Å². The third-order valence-corrected chi connectivity index (χ3v) is 6.18. The maximum atomic E-state index is 12.4. The number of methoxy groups -OCH3 is 1. The van der Waals surface area contributed by atoms with E-state index in [-0.39, 0.29) is 18.9 Å². The number of rotatable bonds is 11. The molecule has 0 unspecified atom stereocenters. The number of carbonyl (C=O) groups is 1. The molecule has 0 aliphatic carbocycles. The van der Waals surface area contributed by atoms with Gasteiger partial charge in [-0.2, -0.15) is 0 Å². The van der Waals surface area contributed by atoms with Gasteiger partial charge in [-0.3, -0.25) is 9.69 Å². The maximum Gasteiger partial charge on any atom is 0.222 e. The first kappa shape index (κ1) is 25.8. The maximum absolute atomic E-state index is 12.4. The molecule has 1 aliphatic rings. The van der Waals surface area contributed by atoms with Crippen LogP contribution in [-0.4, -0.2) is 74.6 Å². The number of nitrogens with one attached hydrogen (secondary N) is 1. The summed E-state index contributed by atoms with van der Waals surface area (Å²) in [4.78, 5) is 14.5. The van der Waals surface area contributed by atoms with E-state index in [1.807, 2.05) is 49.5 Å². The Bertz CT molecular complexity index is 1110. The minimum Gasteiger partial charge on any atom is -0.497 e. The molecule has 1 fully saturated rings. The van der Waals surface area contributed by atoms with Crippen molar-refractivity contribution in [1.29, 1.82) is 0 Å². The Hall–Kier alpha value is -3.31. The van der Waals surface area contributed by atoms with Gasteiger partial charge < -0.3 is 25.0 Å². The summed E-state index contributed by atoms with van der Waals surface area (Å²) in [7, 11) is 3.61. The Morgan fingerprint density at radius 1 is 1.06 bits per heavy atom. The summed E-state index contributed by atoms with van der Waals surface area (Å²) < 4.78 is 12.6. The quantitative estimate of drug-likeness (QED) is 0.362. The van der Waals surface area contributed by atoms with E-state index in [9.17, 15) is 15.0 Å². The molecule has 1 aromatic heterocycles. The minimum absolute atomic E-state index is 0.0578. The molecule has 1 saturated heterocycles. The largest absolute Gasteiger partial charge is 0.497 e. The highest BCUT2D eigenvalue weighted by Gasteiger charge is 2.43. The highest BCUT2D eigenvalue weighted by molar-refractivity contribution is 5.76. The predicted octanol–water partition coefficient (Wildman–Crippen LogP) is 1.11. The molecule has 2 heterocycles. The van der Waals surface area contributed by atoms with E-state index in [1.165, 1.54) is 5.56 Å². The van der Waals surface area contributed by atoms with Gasteiger partial charge in [-0.15, -0.1) is 5.10 Å². The summed E-state index contributed by atoms with van der Waals surface area (Å²) in [5.74, 6) is 0.471. The van der Waals surface area contributed by atoms with E-state index >= 15 is 0 Å². The summed E-state index contributed by atoms with van der Waals surface area (Å²) in [5.41, 5.74) is 2.92. The van der Waals surface area contributed by atoms with E-state index in [0.717, 1.165) is 23.6 Å². The van der Waals surface area contributed by atoms with Crippen molar-refractivity contribution in [3.05, 3.63) is 77.6 Å². The molecule has 0 bridgehead atoms. The SMILES string of the molecule is COc1ccc(CNC(=O)C[C@@H]2O[C@H](Cn3cc(CN(C)Cc4ccccc4)nn3)[C@@H](O)[C@H]2O)cc1. The first-order valence-electron chi connectivity index (χ1n) is 11.9. The van der Waals surface area contributed by atoms with E-state index in [0.29, 0.717) is 13.1 Å². The fraction of sp³-hybridized carbons (Fsp3) is 0.423. The third-order valence-electron chi connectivity index (χ3n) is 6.18. The van der Waals surface area contributed by atoms with Crippen molar-refractivity contribution in [2.75, 3.05) is 14.2 Å². The van der Waals surface area contributed by atoms with Crippen LogP contribution in [0.1, 0.15) is 23.2 Å². The number of ether oxygens (including phenoxy) is 2. The Kier molecular flexibility index (Phi) is 8.65. The lowest BCUT2D eigenvalue weighted by Gasteiger charge is -2.15. The normalized spacial score (nSPS) is 21.6. The Morgan fingerprint density at radius 3 is 2.50 bits per heavy atom. The van der Waals surface area contributed by atoms with Gasteiger partial charge in [-0.25, -0.2) is 4.68 Å². The molecule has 0 saturated carbocycles. The van der Waals surface area contributed by atoms with Crippen molar-refractivity contribution >= 4 is 5.91 Å². The van der Waals surface area contributed by atoms with Crippen molar-refractivity contribution in [3.63, 3.8) is 0 Å². The molecule has 10 nitrogen and oxygen atoms in total. The number of amides is 1. The van der Waals surface area contributed by atoms with Crippen molar-refractivity contribution < 1.29 is 24.5 Å². The summed E-state index contributed by atoms with van der Waals surface area (Å²) in [6, 6.07) is 17.5. The molecule has 2 aromatic carbocycles. The van der Waals surface area contributed by atoms with Crippen LogP contribution in [0.5, 0.6) is 5.75 Å². The minimum atomic E-state index is -1.17. The number of benzene rings is 2. The van der Waals surface area contributed by atoms with Gasteiger partial charge in [0.1, 0.15) is 24.1 Å². The van der Waals surface area contributed by atoms with E-state index in [4.69, 9.17) is 9.47 Å². The van der Waals surface area contributed by atoms with Crippen molar-refractivity contribution in [3.8, 4) is 5.75 Å². The third kappa shape index (κ3) is 6.88. The van der Waals surface area contributed by atoms with Crippen molar-refractivity contribution in [2.45, 2.75) is 57.0 Å². The lowest BCUT2D eigenvalue weighted by Crippen LogP contribution is -2.36. The van der Waals surface area contributed by atoms with Gasteiger partial charge in [0, 0.05) is 25.8 Å². The van der Waals surface area contributed by atoms with Crippen LogP contribution in [-0.2, 0) is 35.7 Å². The average molecular weight is 496 g/mol. The van der Waals surface area contributed by atoms with Crippen LogP contribution in [0.4, 0.5) is 0 Å². The Morgan fingerprint density at radius 2 is 1.78 bits per heavy atom. The fourth-order valence-electron chi connectivity index (χ4n) is 4.26. The Balaban J connectivity index is 1.24. The molecule has 36 heavy (non-hydrogen) atoms. The molecule has 4 atom stereocenters. The zero-order valence-corrected chi connectivity index (χ0v) is 20.5. The monoisotopic (exact) mass is 495 g/mol. The molecule has 10 heteroatoms. The summed E-state index contributed by atoms with van der Waals surface area (Å²) in [5, 5.41) is 32.1. The molecule has 0 radical (unpaired) electrons. The molecule has 1 amide bonds. The number of nitrogens with zero attached hydrogens (tertiary/aromatic N) is 4. The van der Waals surface area contributed by atoms with Gasteiger partial charge in [0.25, 0.3) is 0 Å². The number of aliphatic hydroxyl groups is 2. The molecular formula is C26H33N5O5. The van der Waals surface area contributed by atoms with Crippen molar-refractivity contribution in [2.24, 2.45) is 0 Å². The molecule has 3 N–H and O–H groups in total. The number of hydrogen-bond acceptors (Lipinski definition) is 8. The van der Waals surface area contributed by atoms with Crippen LogP contribution in [0.3, 0.4) is 0 Å². The van der Waals surface area contributed by atoms with Gasteiger partial charge in [0.15, 0.2) is 0 Å². The molecule has 3 aromatic rings. The lowest BCUT2D eigenvalue weighted by molar-refractivity contribution is -0.125. The van der Waals surface area contributed by atoms with Crippen LogP contribution in [0.2, 0.25) is 0 Å². The second-order valence-electron chi connectivity index (χ2n) is 9.11. The predicted molar refractivity (Wildman–Crippen MR) is 132 cm³/mol. The van der Waals surface area contributed by atoms with Crippen LogP contribution < -0.4 is 10.1 Å². The van der Waals surface area contributed by atoms with Gasteiger partial charge >= 0.3 is 0 Å². The van der Waals surface area contributed by atoms with Crippen LogP contribution in [0, 0.1) is 0 Å². The number of aliphatic hydroxyl groups excluding tert-OH is 2. The first-order chi connectivity index (χ1) is 17.4. The Labute approximate surface area is 210 Å². The summed E-state index contributed by atoms with van der Waals surface area (Å²) in [6.07, 6.45) is -2.05. The molecule has 4 rings (SSSR count). The van der Waals surface area contributed by atoms with Crippen LogP contribution in [0.15, 0.2) is 60.8 Å². The first-order valence-corrected chi connectivity index (χ1v) is 11.9. The van der Waals surface area contributed by atoms with Crippen molar-refractivity contribution in [1.82, 2.24) is 25.2 Å². The smallest absolute Gasteiger partial charge is 0.222 e. The number of carbonyl (C=O) groups excluding carboxylic acids is 1. The van der Waals surface area contributed by atoms with E-state index in [2.05, 4.69) is 32.7 Å². The standard InChI is InChI=1S/C26H33N5O5/c1-30(14-19-6-4-3-5-7-19)15-20-16-31(29-28-20)17-23-26(34)25(33)22(36-23)12-24(32)27-13-18-8-10-21(35-2)11-9-18/h3-11,16,22-23,25-26,33-34H,12-15,17H2,1-2H3,(H,27,32)/t22-,23+,25-,26+/m0/s1. The number of aromatic nitrogens is 3. The highest BCUT2D eigenvalue weighted by Crippen LogP contribution is 2.25. The molecule has 1 aliphatic heterocycles. The zero-order chi connectivity index (χ0) is 25.5. The summed E-state index contributed by atoms with van der Waals surface area (Å²) in [6.45, 7) is 1.96. The topological polar surface area (TPSA) is 122 Å². The van der Waals surface area contributed by atoms with Gasteiger partial charge in [0.2, 0.25) is 5.91 Å². The molecular weight excluding hydrogens is 462 g/mol. The lowest BCUT2D eigenvalue weighted by atomic mass is 10.1. The zero-order valence-electron chi connectivity index (χ0n) is 20.5. The highest BCUT2D eigenvalue weighted by atomic mass is 16.5. The van der Waals surface area contributed by atoms with E-state index < -0.39 is 24.4 Å². The fourth-order valence-corrected chi connectivity index (χ4v) is 4.26. The molecule has 192 valence electrons. The summed E-state index contributed by atoms with van der Waals surface area (Å²) >= 11 is 0. The average Bonchev–Trinajstić information content (AvgIpc) is 3.42. The van der Waals surface area contributed by atoms with Gasteiger partial charge in [-0.05, 0) is 30.3 Å². The van der Waals surface area contributed by atoms with Gasteiger partial charge in [0.05, 0.1) is 31.9 Å². The second kappa shape index (κ2) is 12.1. The molecule has 0 spiro atoms. The number of hydrogen-bond donors (Lipinski definition) is 3.